The standard InChI is InChI=1S/C16H16ClFN2O/c1-10-6-7-14(9-15(10)18)19-11(2)16(21)20-13-5-3-4-12(17)8-13/h3-9,11,19H,1-2H3,(H,20,21)/t11-/m0/s1. The number of carbonyl (C=O) groups excluding carboxylic acids is 1. The van der Waals surface area contributed by atoms with Gasteiger partial charge in [-0.3, -0.25) is 4.79 Å². The lowest BCUT2D eigenvalue weighted by Gasteiger charge is -2.15. The number of hydrogen-bond donors (Lipinski definition) is 2. The summed E-state index contributed by atoms with van der Waals surface area (Å²) in [5, 5.41) is 6.26. The number of nitrogens with one attached hydrogen (secondary N) is 2. The first-order valence-electron chi connectivity index (χ1n) is 6.55. The van der Waals surface area contributed by atoms with Crippen LogP contribution in [0.15, 0.2) is 42.5 Å². The van der Waals surface area contributed by atoms with Crippen molar-refractivity contribution in [3.05, 3.63) is 58.9 Å². The minimum atomic E-state index is -0.508. The van der Waals surface area contributed by atoms with E-state index < -0.39 is 6.04 Å². The number of halogens is 2. The average molecular weight is 307 g/mol. The summed E-state index contributed by atoms with van der Waals surface area (Å²) < 4.78 is 13.5. The monoisotopic (exact) mass is 306 g/mol. The Labute approximate surface area is 128 Å². The van der Waals surface area contributed by atoms with E-state index in [9.17, 15) is 9.18 Å². The zero-order chi connectivity index (χ0) is 15.4. The molecule has 21 heavy (non-hydrogen) atoms. The largest absolute Gasteiger partial charge is 0.374 e. The molecular formula is C16H16ClFN2O. The predicted octanol–water partition coefficient (Wildman–Crippen LogP) is 4.23. The van der Waals surface area contributed by atoms with Crippen molar-refractivity contribution in [3.63, 3.8) is 0 Å². The number of rotatable bonds is 4. The van der Waals surface area contributed by atoms with Crippen molar-refractivity contribution in [2.75, 3.05) is 10.6 Å². The summed E-state index contributed by atoms with van der Waals surface area (Å²) in [5.41, 5.74) is 1.75. The third-order valence-electron chi connectivity index (χ3n) is 3.04. The Morgan fingerprint density at radius 2 is 1.95 bits per heavy atom. The molecule has 0 radical (unpaired) electrons. The molecule has 2 N–H and O–H groups in total. The van der Waals surface area contributed by atoms with Crippen LogP contribution in [0.2, 0.25) is 5.02 Å². The van der Waals surface area contributed by atoms with Gasteiger partial charge in [-0.2, -0.15) is 0 Å². The fraction of sp³-hybridized carbons (Fsp3) is 0.188. The Hall–Kier alpha value is -2.07. The summed E-state index contributed by atoms with van der Waals surface area (Å²) >= 11 is 5.86. The maximum atomic E-state index is 13.5. The zero-order valence-corrected chi connectivity index (χ0v) is 12.5. The van der Waals surface area contributed by atoms with Gasteiger partial charge in [0.05, 0.1) is 0 Å². The highest BCUT2D eigenvalue weighted by Gasteiger charge is 2.13. The molecule has 0 aromatic heterocycles. The van der Waals surface area contributed by atoms with Crippen molar-refractivity contribution >= 4 is 28.9 Å². The first-order valence-corrected chi connectivity index (χ1v) is 6.92. The van der Waals surface area contributed by atoms with Crippen LogP contribution in [0.4, 0.5) is 15.8 Å². The normalized spacial score (nSPS) is 11.8. The van der Waals surface area contributed by atoms with Gasteiger partial charge in [-0.25, -0.2) is 4.39 Å². The smallest absolute Gasteiger partial charge is 0.246 e. The van der Waals surface area contributed by atoms with Crippen LogP contribution in [0.5, 0.6) is 0 Å². The molecular weight excluding hydrogens is 291 g/mol. The first kappa shape index (κ1) is 15.3. The van der Waals surface area contributed by atoms with Gasteiger partial charge in [-0.05, 0) is 49.7 Å². The van der Waals surface area contributed by atoms with Crippen molar-refractivity contribution in [1.29, 1.82) is 0 Å². The summed E-state index contributed by atoms with van der Waals surface area (Å²) in [4.78, 5) is 12.1. The minimum Gasteiger partial charge on any atom is -0.374 e. The molecule has 3 nitrogen and oxygen atoms in total. The van der Waals surface area contributed by atoms with E-state index in [2.05, 4.69) is 10.6 Å². The van der Waals surface area contributed by atoms with E-state index in [1.807, 2.05) is 0 Å². The summed E-state index contributed by atoms with van der Waals surface area (Å²) in [6.07, 6.45) is 0. The molecule has 5 heteroatoms. The molecule has 1 atom stereocenters. The maximum Gasteiger partial charge on any atom is 0.246 e. The summed E-state index contributed by atoms with van der Waals surface area (Å²) in [6.45, 7) is 3.39. The van der Waals surface area contributed by atoms with Gasteiger partial charge in [0.2, 0.25) is 5.91 Å². The van der Waals surface area contributed by atoms with E-state index in [0.717, 1.165) is 0 Å². The van der Waals surface area contributed by atoms with Crippen LogP contribution in [0, 0.1) is 12.7 Å². The number of anilines is 2. The number of aryl methyl sites for hydroxylation is 1. The lowest BCUT2D eigenvalue weighted by atomic mass is 10.2. The topological polar surface area (TPSA) is 41.1 Å². The molecule has 0 fully saturated rings. The van der Waals surface area contributed by atoms with E-state index in [-0.39, 0.29) is 11.7 Å². The molecule has 110 valence electrons. The molecule has 0 aliphatic rings. The Bertz CT molecular complexity index is 660. The number of hydrogen-bond acceptors (Lipinski definition) is 2. The molecule has 2 rings (SSSR count). The molecule has 0 saturated heterocycles. The van der Waals surface area contributed by atoms with Crippen LogP contribution < -0.4 is 10.6 Å². The molecule has 0 aliphatic carbocycles. The predicted molar refractivity (Wildman–Crippen MR) is 84.3 cm³/mol. The van der Waals surface area contributed by atoms with Crippen LogP contribution >= 0.6 is 11.6 Å². The van der Waals surface area contributed by atoms with Gasteiger partial charge in [0.25, 0.3) is 0 Å². The van der Waals surface area contributed by atoms with Crippen molar-refractivity contribution in [2.45, 2.75) is 19.9 Å². The molecule has 0 aliphatic heterocycles. The van der Waals surface area contributed by atoms with E-state index in [1.165, 1.54) is 6.07 Å². The van der Waals surface area contributed by atoms with Crippen molar-refractivity contribution in [3.8, 4) is 0 Å². The van der Waals surface area contributed by atoms with Crippen LogP contribution in [0.1, 0.15) is 12.5 Å². The van der Waals surface area contributed by atoms with Gasteiger partial charge >= 0.3 is 0 Å². The van der Waals surface area contributed by atoms with E-state index in [1.54, 1.807) is 50.2 Å². The highest BCUT2D eigenvalue weighted by atomic mass is 35.5. The van der Waals surface area contributed by atoms with Crippen molar-refractivity contribution in [2.24, 2.45) is 0 Å². The van der Waals surface area contributed by atoms with Gasteiger partial charge < -0.3 is 10.6 Å². The summed E-state index contributed by atoms with van der Waals surface area (Å²) in [5.74, 6) is -0.527. The third kappa shape index (κ3) is 4.20. The molecule has 0 unspecified atom stereocenters. The second-order valence-electron chi connectivity index (χ2n) is 4.83. The van der Waals surface area contributed by atoms with E-state index >= 15 is 0 Å². The molecule has 0 heterocycles. The lowest BCUT2D eigenvalue weighted by molar-refractivity contribution is -0.116. The Morgan fingerprint density at radius 1 is 1.19 bits per heavy atom. The lowest BCUT2D eigenvalue weighted by Crippen LogP contribution is -2.31. The molecule has 0 bridgehead atoms. The number of benzene rings is 2. The SMILES string of the molecule is Cc1ccc(N[C@@H](C)C(=O)Nc2cccc(Cl)c2)cc1F. The third-order valence-corrected chi connectivity index (χ3v) is 3.28. The van der Waals surface area contributed by atoms with Crippen molar-refractivity contribution in [1.82, 2.24) is 0 Å². The zero-order valence-electron chi connectivity index (χ0n) is 11.8. The highest BCUT2D eigenvalue weighted by Crippen LogP contribution is 2.17. The fourth-order valence-corrected chi connectivity index (χ4v) is 2.01. The van der Waals surface area contributed by atoms with Gasteiger partial charge in [-0.1, -0.05) is 23.7 Å². The van der Waals surface area contributed by atoms with Gasteiger partial charge in [0.15, 0.2) is 0 Å². The summed E-state index contributed by atoms with van der Waals surface area (Å²) in [6, 6.07) is 11.2. The maximum absolute atomic E-state index is 13.5. The average Bonchev–Trinajstić information content (AvgIpc) is 2.43. The Balaban J connectivity index is 2.00. The minimum absolute atomic E-state index is 0.224. The Kier molecular flexibility index (Phi) is 4.81. The van der Waals surface area contributed by atoms with Gasteiger partial charge in [0.1, 0.15) is 11.9 Å². The molecule has 2 aromatic carbocycles. The first-order chi connectivity index (χ1) is 9.95. The van der Waals surface area contributed by atoms with Gasteiger partial charge in [0, 0.05) is 16.4 Å². The summed E-state index contributed by atoms with van der Waals surface area (Å²) in [7, 11) is 0. The molecule has 1 amide bonds. The molecule has 2 aromatic rings. The van der Waals surface area contributed by atoms with Crippen LogP contribution in [0.3, 0.4) is 0 Å². The number of carbonyl (C=O) groups is 1. The van der Waals surface area contributed by atoms with Crippen LogP contribution in [-0.4, -0.2) is 11.9 Å². The highest BCUT2D eigenvalue weighted by molar-refractivity contribution is 6.30. The van der Waals surface area contributed by atoms with Crippen LogP contribution in [0.25, 0.3) is 0 Å². The Morgan fingerprint density at radius 3 is 2.62 bits per heavy atom. The van der Waals surface area contributed by atoms with E-state index in [4.69, 9.17) is 11.6 Å². The molecule has 0 spiro atoms. The van der Waals surface area contributed by atoms with Gasteiger partial charge in [-0.15, -0.1) is 0 Å². The van der Waals surface area contributed by atoms with Crippen molar-refractivity contribution < 1.29 is 9.18 Å². The number of amides is 1. The molecule has 0 saturated carbocycles. The fourth-order valence-electron chi connectivity index (χ4n) is 1.81. The second kappa shape index (κ2) is 6.59. The second-order valence-corrected chi connectivity index (χ2v) is 5.27. The van der Waals surface area contributed by atoms with E-state index in [0.29, 0.717) is 22.0 Å². The van der Waals surface area contributed by atoms with Crippen LogP contribution in [-0.2, 0) is 4.79 Å². The quantitative estimate of drug-likeness (QED) is 0.887.